The van der Waals surface area contributed by atoms with Gasteiger partial charge in [-0.05, 0) is 41.1 Å². The van der Waals surface area contributed by atoms with Gasteiger partial charge in [-0.3, -0.25) is 4.72 Å². The van der Waals surface area contributed by atoms with Crippen LogP contribution in [0.1, 0.15) is 4.88 Å². The summed E-state index contributed by atoms with van der Waals surface area (Å²) < 4.78 is 33.3. The first-order valence-corrected chi connectivity index (χ1v) is 8.91. The van der Waals surface area contributed by atoms with Crippen molar-refractivity contribution in [3.05, 3.63) is 39.0 Å². The highest BCUT2D eigenvalue weighted by Crippen LogP contribution is 2.32. The van der Waals surface area contributed by atoms with Crippen molar-refractivity contribution in [3.63, 3.8) is 0 Å². The fraction of sp³-hybridized carbons (Fsp3) is 0.154. The zero-order chi connectivity index (χ0) is 15.5. The van der Waals surface area contributed by atoms with E-state index in [1.807, 2.05) is 6.07 Å². The number of hydrogen-bond acceptors (Lipinski definition) is 5. The molecule has 0 unspecified atom stereocenters. The van der Waals surface area contributed by atoms with E-state index in [0.717, 1.165) is 3.79 Å². The number of nitriles is 1. The minimum atomic E-state index is -3.70. The summed E-state index contributed by atoms with van der Waals surface area (Å²) in [6.45, 7) is 1.59. The number of nitrogens with zero attached hydrogens (tertiary/aromatic N) is 1. The number of aryl methyl sites for hydroxylation is 1. The van der Waals surface area contributed by atoms with Crippen LogP contribution in [0.3, 0.4) is 0 Å². The van der Waals surface area contributed by atoms with Crippen LogP contribution in [0.15, 0.2) is 39.0 Å². The van der Waals surface area contributed by atoms with E-state index in [4.69, 9.17) is 10.00 Å². The third-order valence-corrected chi connectivity index (χ3v) is 5.73. The lowest BCUT2D eigenvalue weighted by Gasteiger charge is -2.11. The molecule has 0 aliphatic rings. The number of rotatable bonds is 5. The Kier molecular flexibility index (Phi) is 4.88. The maximum Gasteiger partial charge on any atom is 0.263 e. The number of halogens is 1. The molecule has 0 radical (unpaired) electrons. The fourth-order valence-electron chi connectivity index (χ4n) is 1.68. The van der Waals surface area contributed by atoms with Crippen molar-refractivity contribution in [1.29, 1.82) is 5.26 Å². The Morgan fingerprint density at radius 1 is 1.43 bits per heavy atom. The molecule has 0 saturated carbocycles. The molecule has 2 aromatic rings. The Bertz CT molecular complexity index is 794. The number of benzene rings is 1. The van der Waals surface area contributed by atoms with Gasteiger partial charge in [-0.15, -0.1) is 11.3 Å². The summed E-state index contributed by atoms with van der Waals surface area (Å²) in [6, 6.07) is 9.98. The number of ether oxygens (including phenoxy) is 1. The Morgan fingerprint density at radius 2 is 2.14 bits per heavy atom. The molecule has 0 amide bonds. The van der Waals surface area contributed by atoms with E-state index in [1.165, 1.54) is 11.3 Å². The summed E-state index contributed by atoms with van der Waals surface area (Å²) in [5.74, 6) is 0.314. The highest BCUT2D eigenvalue weighted by Gasteiger charge is 2.21. The average molecular weight is 387 g/mol. The van der Waals surface area contributed by atoms with Crippen molar-refractivity contribution >= 4 is 43.0 Å². The second-order valence-electron chi connectivity index (χ2n) is 4.02. The molecule has 0 bridgehead atoms. The molecule has 110 valence electrons. The Labute approximate surface area is 135 Å². The summed E-state index contributed by atoms with van der Waals surface area (Å²) in [4.78, 5) is 0.902. The number of anilines is 1. The second-order valence-corrected chi connectivity index (χ2v) is 8.31. The minimum absolute atomic E-state index is 0.151. The van der Waals surface area contributed by atoms with Gasteiger partial charge in [0.25, 0.3) is 10.0 Å². The first kappa shape index (κ1) is 15.8. The maximum absolute atomic E-state index is 12.4. The molecular formula is C13H11BrN2O3S2. The zero-order valence-electron chi connectivity index (χ0n) is 11.0. The van der Waals surface area contributed by atoms with Gasteiger partial charge < -0.3 is 4.74 Å². The smallest absolute Gasteiger partial charge is 0.263 e. The van der Waals surface area contributed by atoms with Gasteiger partial charge in [0.05, 0.1) is 9.47 Å². The molecule has 2 rings (SSSR count). The van der Waals surface area contributed by atoms with Crippen LogP contribution in [0.2, 0.25) is 0 Å². The molecule has 1 aromatic heterocycles. The van der Waals surface area contributed by atoms with Crippen molar-refractivity contribution in [2.24, 2.45) is 0 Å². The average Bonchev–Trinajstić information content (AvgIpc) is 2.77. The van der Waals surface area contributed by atoms with Crippen molar-refractivity contribution in [2.45, 2.75) is 11.8 Å². The number of para-hydroxylation sites is 2. The van der Waals surface area contributed by atoms with Crippen molar-refractivity contribution in [1.82, 2.24) is 0 Å². The van der Waals surface area contributed by atoms with E-state index in [0.29, 0.717) is 16.3 Å². The molecule has 8 heteroatoms. The molecule has 21 heavy (non-hydrogen) atoms. The Hall–Kier alpha value is -1.56. The second kappa shape index (κ2) is 6.47. The van der Waals surface area contributed by atoms with Crippen LogP contribution >= 0.6 is 27.3 Å². The Balaban J connectivity index is 2.33. The molecule has 1 N–H and O–H groups in total. The summed E-state index contributed by atoms with van der Waals surface area (Å²) in [7, 11) is -3.70. The molecule has 0 atom stereocenters. The highest BCUT2D eigenvalue weighted by molar-refractivity contribution is 9.11. The van der Waals surface area contributed by atoms with Crippen LogP contribution < -0.4 is 9.46 Å². The highest BCUT2D eigenvalue weighted by atomic mass is 79.9. The van der Waals surface area contributed by atoms with Crippen molar-refractivity contribution in [3.8, 4) is 11.8 Å². The van der Waals surface area contributed by atoms with E-state index in [9.17, 15) is 8.42 Å². The third kappa shape index (κ3) is 3.75. The van der Waals surface area contributed by atoms with Gasteiger partial charge in [-0.1, -0.05) is 12.1 Å². The molecule has 1 heterocycles. The molecule has 0 spiro atoms. The quantitative estimate of drug-likeness (QED) is 0.852. The van der Waals surface area contributed by atoms with Crippen molar-refractivity contribution < 1.29 is 13.2 Å². The van der Waals surface area contributed by atoms with Gasteiger partial charge in [0.2, 0.25) is 0 Å². The van der Waals surface area contributed by atoms with Gasteiger partial charge in [-0.2, -0.15) is 5.26 Å². The molecule has 0 saturated heterocycles. The normalized spacial score (nSPS) is 10.9. The summed E-state index contributed by atoms with van der Waals surface area (Å²) >= 11 is 4.62. The lowest BCUT2D eigenvalue weighted by molar-refractivity contribution is 0.370. The predicted octanol–water partition coefficient (Wildman–Crippen LogP) is 3.52. The topological polar surface area (TPSA) is 79.2 Å². The van der Waals surface area contributed by atoms with E-state index in [1.54, 1.807) is 37.3 Å². The summed E-state index contributed by atoms with van der Waals surface area (Å²) in [5.41, 5.74) is 0.300. The Morgan fingerprint density at radius 3 is 2.76 bits per heavy atom. The minimum Gasteiger partial charge on any atom is -0.477 e. The standard InChI is InChI=1S/C13H11BrN2O3S2/c1-9-12(8-13(14)20-9)21(17,18)16-10-4-2-3-5-11(10)19-7-6-15/h2-5,8,16H,7H2,1H3. The number of thiophene rings is 1. The maximum atomic E-state index is 12.4. The SMILES string of the molecule is Cc1sc(Br)cc1S(=O)(=O)Nc1ccccc1OCC#N. The monoisotopic (exact) mass is 386 g/mol. The molecule has 0 aliphatic heterocycles. The fourth-order valence-corrected chi connectivity index (χ4v) is 5.17. The van der Waals surface area contributed by atoms with Crippen molar-refractivity contribution in [2.75, 3.05) is 11.3 Å². The van der Waals surface area contributed by atoms with Gasteiger partial charge in [0.1, 0.15) is 16.7 Å². The van der Waals surface area contributed by atoms with Crippen LogP contribution in [-0.4, -0.2) is 15.0 Å². The van der Waals surface area contributed by atoms with Crippen LogP contribution in [-0.2, 0) is 10.0 Å². The van der Waals surface area contributed by atoms with Crippen LogP contribution in [0.5, 0.6) is 5.75 Å². The van der Waals surface area contributed by atoms with E-state index >= 15 is 0 Å². The van der Waals surface area contributed by atoms with E-state index < -0.39 is 10.0 Å². The molecule has 1 aromatic carbocycles. The summed E-state index contributed by atoms with van der Waals surface area (Å²) in [6.07, 6.45) is 0. The summed E-state index contributed by atoms with van der Waals surface area (Å²) in [5, 5.41) is 8.55. The van der Waals surface area contributed by atoms with E-state index in [-0.39, 0.29) is 11.5 Å². The lowest BCUT2D eigenvalue weighted by Crippen LogP contribution is -2.14. The first-order valence-electron chi connectivity index (χ1n) is 5.81. The molecule has 5 nitrogen and oxygen atoms in total. The number of nitrogens with one attached hydrogen (secondary N) is 1. The van der Waals surface area contributed by atoms with Gasteiger partial charge >= 0.3 is 0 Å². The molecule has 0 aliphatic carbocycles. The van der Waals surface area contributed by atoms with Gasteiger partial charge in [0.15, 0.2) is 6.61 Å². The van der Waals surface area contributed by atoms with Gasteiger partial charge in [-0.25, -0.2) is 8.42 Å². The number of sulfonamides is 1. The first-order chi connectivity index (χ1) is 9.94. The predicted molar refractivity (Wildman–Crippen MR) is 85.1 cm³/mol. The van der Waals surface area contributed by atoms with Gasteiger partial charge in [0, 0.05) is 4.88 Å². The zero-order valence-corrected chi connectivity index (χ0v) is 14.2. The number of hydrogen-bond donors (Lipinski definition) is 1. The third-order valence-electron chi connectivity index (χ3n) is 2.56. The van der Waals surface area contributed by atoms with Crippen LogP contribution in [0.25, 0.3) is 0 Å². The van der Waals surface area contributed by atoms with Crippen LogP contribution in [0.4, 0.5) is 5.69 Å². The molecule has 0 fully saturated rings. The molecular weight excluding hydrogens is 376 g/mol. The van der Waals surface area contributed by atoms with E-state index in [2.05, 4.69) is 20.7 Å². The lowest BCUT2D eigenvalue weighted by atomic mass is 10.3. The largest absolute Gasteiger partial charge is 0.477 e. The van der Waals surface area contributed by atoms with Crippen LogP contribution in [0, 0.1) is 18.3 Å².